The van der Waals surface area contributed by atoms with Gasteiger partial charge < -0.3 is 9.80 Å². The molecule has 0 N–H and O–H groups in total. The van der Waals surface area contributed by atoms with Gasteiger partial charge in [0.1, 0.15) is 11.6 Å². The summed E-state index contributed by atoms with van der Waals surface area (Å²) in [5, 5.41) is 7.68. The molecule has 0 aliphatic carbocycles. The summed E-state index contributed by atoms with van der Waals surface area (Å²) in [5.74, 6) is 1.82. The summed E-state index contributed by atoms with van der Waals surface area (Å²) in [6.45, 7) is 4.85. The van der Waals surface area contributed by atoms with Crippen molar-refractivity contribution in [1.82, 2.24) is 24.6 Å². The normalized spacial score (nSPS) is 14.0. The van der Waals surface area contributed by atoms with Gasteiger partial charge in [0, 0.05) is 38.2 Å². The smallest absolute Gasteiger partial charge is 0.254 e. The van der Waals surface area contributed by atoms with Crippen LogP contribution in [0.2, 0.25) is 0 Å². The van der Waals surface area contributed by atoms with Gasteiger partial charge in [-0.3, -0.25) is 4.79 Å². The lowest BCUT2D eigenvalue weighted by Gasteiger charge is -2.36. The highest BCUT2D eigenvalue weighted by Gasteiger charge is 2.26. The van der Waals surface area contributed by atoms with Crippen LogP contribution in [0.3, 0.4) is 0 Å². The van der Waals surface area contributed by atoms with Gasteiger partial charge >= 0.3 is 0 Å². The van der Waals surface area contributed by atoms with Crippen molar-refractivity contribution < 1.29 is 4.79 Å². The molecule has 0 spiro atoms. The SMILES string of the molecule is CCCc1nc(N2CCN(C(=O)c3cccc4ccccc34)CC2)c2cnn(-c3ccccc3)c2n1. The molecule has 0 atom stereocenters. The number of nitrogens with zero attached hydrogens (tertiary/aromatic N) is 6. The molecule has 6 rings (SSSR count). The topological polar surface area (TPSA) is 67.2 Å². The number of carbonyl (C=O) groups is 1. The number of carbonyl (C=O) groups excluding carboxylic acids is 1. The monoisotopic (exact) mass is 476 g/mol. The van der Waals surface area contributed by atoms with Gasteiger partial charge in [-0.15, -0.1) is 0 Å². The van der Waals surface area contributed by atoms with Crippen LogP contribution in [0.1, 0.15) is 29.5 Å². The lowest BCUT2D eigenvalue weighted by Crippen LogP contribution is -2.49. The molecule has 1 amide bonds. The summed E-state index contributed by atoms with van der Waals surface area (Å²) < 4.78 is 1.89. The number of aromatic nitrogens is 4. The van der Waals surface area contributed by atoms with Crippen molar-refractivity contribution in [2.24, 2.45) is 0 Å². The second-order valence-electron chi connectivity index (χ2n) is 9.15. The van der Waals surface area contributed by atoms with E-state index in [0.29, 0.717) is 26.2 Å². The molecule has 0 saturated carbocycles. The molecular weight excluding hydrogens is 448 g/mol. The summed E-state index contributed by atoms with van der Waals surface area (Å²) in [5.41, 5.74) is 2.56. The number of anilines is 1. The standard InChI is InChI=1S/C29H28N6O/c1-2-9-26-31-27(25-20-30-35(28(25)32-26)22-12-4-3-5-13-22)33-16-18-34(19-17-33)29(36)24-15-8-11-21-10-6-7-14-23(21)24/h3-8,10-15,20H,2,9,16-19H2,1H3. The molecule has 5 aromatic rings. The highest BCUT2D eigenvalue weighted by Crippen LogP contribution is 2.28. The molecule has 1 saturated heterocycles. The number of amides is 1. The Hall–Kier alpha value is -4.26. The number of benzene rings is 3. The number of para-hydroxylation sites is 1. The Balaban J connectivity index is 1.29. The first-order valence-electron chi connectivity index (χ1n) is 12.5. The maximum atomic E-state index is 13.4. The van der Waals surface area contributed by atoms with Crippen LogP contribution in [0.5, 0.6) is 0 Å². The Morgan fingerprint density at radius 3 is 2.39 bits per heavy atom. The molecule has 1 fully saturated rings. The first kappa shape index (κ1) is 22.2. The van der Waals surface area contributed by atoms with E-state index in [1.165, 1.54) is 0 Å². The molecule has 7 heteroatoms. The van der Waals surface area contributed by atoms with E-state index in [9.17, 15) is 4.79 Å². The van der Waals surface area contributed by atoms with Crippen LogP contribution < -0.4 is 4.90 Å². The second kappa shape index (κ2) is 9.41. The van der Waals surface area contributed by atoms with Crippen molar-refractivity contribution in [3.05, 3.63) is 90.4 Å². The van der Waals surface area contributed by atoms with Crippen LogP contribution in [-0.2, 0) is 6.42 Å². The van der Waals surface area contributed by atoms with Gasteiger partial charge in [0.25, 0.3) is 5.91 Å². The third-order valence-corrected chi connectivity index (χ3v) is 6.82. The van der Waals surface area contributed by atoms with Gasteiger partial charge in [0.2, 0.25) is 0 Å². The fraction of sp³-hybridized carbons (Fsp3) is 0.241. The van der Waals surface area contributed by atoms with E-state index < -0.39 is 0 Å². The Kier molecular flexibility index (Phi) is 5.81. The van der Waals surface area contributed by atoms with Crippen LogP contribution in [0.25, 0.3) is 27.5 Å². The highest BCUT2D eigenvalue weighted by molar-refractivity contribution is 6.07. The summed E-state index contributed by atoms with van der Waals surface area (Å²) in [4.78, 5) is 27.5. The molecule has 1 aliphatic heterocycles. The van der Waals surface area contributed by atoms with E-state index in [1.54, 1.807) is 0 Å². The quantitative estimate of drug-likeness (QED) is 0.362. The van der Waals surface area contributed by atoms with Crippen molar-refractivity contribution in [1.29, 1.82) is 0 Å². The van der Waals surface area contributed by atoms with Crippen LogP contribution in [-0.4, -0.2) is 56.7 Å². The Bertz CT molecular complexity index is 1530. The molecular formula is C29H28N6O. The minimum Gasteiger partial charge on any atom is -0.352 e. The van der Waals surface area contributed by atoms with Crippen LogP contribution in [0.4, 0.5) is 5.82 Å². The number of aryl methyl sites for hydroxylation is 1. The van der Waals surface area contributed by atoms with Crippen molar-refractivity contribution in [2.75, 3.05) is 31.1 Å². The summed E-state index contributed by atoms with van der Waals surface area (Å²) in [6, 6.07) is 24.1. The molecule has 36 heavy (non-hydrogen) atoms. The third-order valence-electron chi connectivity index (χ3n) is 6.82. The molecule has 3 heterocycles. The predicted octanol–water partition coefficient (Wildman–Crippen LogP) is 4.88. The number of hydrogen-bond acceptors (Lipinski definition) is 5. The first-order valence-corrected chi connectivity index (χ1v) is 12.5. The van der Waals surface area contributed by atoms with Crippen LogP contribution in [0.15, 0.2) is 79.0 Å². The second-order valence-corrected chi connectivity index (χ2v) is 9.15. The van der Waals surface area contributed by atoms with Crippen molar-refractivity contribution in [3.8, 4) is 5.69 Å². The molecule has 0 unspecified atom stereocenters. The average molecular weight is 477 g/mol. The van der Waals surface area contributed by atoms with Crippen molar-refractivity contribution in [2.45, 2.75) is 19.8 Å². The van der Waals surface area contributed by atoms with Gasteiger partial charge in [-0.25, -0.2) is 14.6 Å². The van der Waals surface area contributed by atoms with E-state index in [-0.39, 0.29) is 5.91 Å². The fourth-order valence-electron chi connectivity index (χ4n) is 4.98. The van der Waals surface area contributed by atoms with E-state index in [0.717, 1.165) is 57.5 Å². The third kappa shape index (κ3) is 3.96. The largest absolute Gasteiger partial charge is 0.352 e. The minimum atomic E-state index is 0.0860. The van der Waals surface area contributed by atoms with E-state index in [1.807, 2.05) is 88.6 Å². The molecule has 1 aliphatic rings. The summed E-state index contributed by atoms with van der Waals surface area (Å²) >= 11 is 0. The molecule has 2 aromatic heterocycles. The highest BCUT2D eigenvalue weighted by atomic mass is 16.2. The van der Waals surface area contributed by atoms with E-state index in [4.69, 9.17) is 9.97 Å². The fourth-order valence-corrected chi connectivity index (χ4v) is 4.98. The Morgan fingerprint density at radius 2 is 1.58 bits per heavy atom. The molecule has 0 radical (unpaired) electrons. The Labute approximate surface area is 210 Å². The van der Waals surface area contributed by atoms with Crippen molar-refractivity contribution >= 4 is 33.5 Å². The maximum absolute atomic E-state index is 13.4. The lowest BCUT2D eigenvalue weighted by atomic mass is 10.0. The van der Waals surface area contributed by atoms with Crippen LogP contribution >= 0.6 is 0 Å². The van der Waals surface area contributed by atoms with E-state index >= 15 is 0 Å². The zero-order chi connectivity index (χ0) is 24.5. The zero-order valence-electron chi connectivity index (χ0n) is 20.3. The number of hydrogen-bond donors (Lipinski definition) is 0. The predicted molar refractivity (Wildman–Crippen MR) is 143 cm³/mol. The lowest BCUT2D eigenvalue weighted by molar-refractivity contribution is 0.0748. The van der Waals surface area contributed by atoms with Gasteiger partial charge in [0.15, 0.2) is 5.65 Å². The number of fused-ring (bicyclic) bond motifs is 2. The summed E-state index contributed by atoms with van der Waals surface area (Å²) in [6.07, 6.45) is 3.64. The van der Waals surface area contributed by atoms with Gasteiger partial charge in [-0.1, -0.05) is 61.5 Å². The van der Waals surface area contributed by atoms with Crippen LogP contribution in [0, 0.1) is 0 Å². The zero-order valence-corrected chi connectivity index (χ0v) is 20.3. The molecule has 7 nitrogen and oxygen atoms in total. The maximum Gasteiger partial charge on any atom is 0.254 e. The molecule has 3 aromatic carbocycles. The van der Waals surface area contributed by atoms with Crippen molar-refractivity contribution in [3.63, 3.8) is 0 Å². The van der Waals surface area contributed by atoms with Gasteiger partial charge in [-0.2, -0.15) is 5.10 Å². The number of rotatable bonds is 5. The molecule has 180 valence electrons. The average Bonchev–Trinajstić information content (AvgIpc) is 3.37. The minimum absolute atomic E-state index is 0.0860. The first-order chi connectivity index (χ1) is 17.7. The van der Waals surface area contributed by atoms with Gasteiger partial charge in [0.05, 0.1) is 17.3 Å². The number of piperazine rings is 1. The summed E-state index contributed by atoms with van der Waals surface area (Å²) in [7, 11) is 0. The Morgan fingerprint density at radius 1 is 0.833 bits per heavy atom. The van der Waals surface area contributed by atoms with Gasteiger partial charge in [-0.05, 0) is 35.4 Å². The molecule has 0 bridgehead atoms. The van der Waals surface area contributed by atoms with E-state index in [2.05, 4.69) is 16.9 Å².